The van der Waals surface area contributed by atoms with Crippen molar-refractivity contribution in [1.82, 2.24) is 0 Å². The molecule has 1 unspecified atom stereocenters. The minimum atomic E-state index is 0.490. The Morgan fingerprint density at radius 2 is 1.90 bits per heavy atom. The second kappa shape index (κ2) is 2.19. The van der Waals surface area contributed by atoms with Gasteiger partial charge in [0.1, 0.15) is 19.7 Å². The Balaban J connectivity index is 1.97. The molecule has 0 amide bonds. The number of rotatable bonds is 1. The Morgan fingerprint density at radius 1 is 1.30 bits per heavy atom. The monoisotopic (exact) mass is 144 g/mol. The first-order valence-electron chi connectivity index (χ1n) is 3.85. The molecule has 10 heavy (non-hydrogen) atoms. The molecule has 0 aromatic rings. The topological polar surface area (TPSA) is 21.8 Å². The van der Waals surface area contributed by atoms with Crippen LogP contribution in [0.25, 0.3) is 0 Å². The molecule has 2 rings (SSSR count). The van der Waals surface area contributed by atoms with Crippen molar-refractivity contribution < 1.29 is 14.0 Å². The first-order chi connectivity index (χ1) is 4.81. The Bertz CT molecular complexity index is 128. The van der Waals surface area contributed by atoms with Crippen LogP contribution in [0.1, 0.15) is 0 Å². The van der Waals surface area contributed by atoms with Crippen molar-refractivity contribution in [3.63, 3.8) is 0 Å². The Kier molecular flexibility index (Phi) is 1.44. The van der Waals surface area contributed by atoms with Crippen LogP contribution in [0.5, 0.6) is 0 Å². The van der Waals surface area contributed by atoms with Gasteiger partial charge in [0.05, 0.1) is 20.3 Å². The molecule has 0 N–H and O–H groups in total. The van der Waals surface area contributed by atoms with Crippen LogP contribution in [-0.4, -0.2) is 50.7 Å². The molecule has 0 radical (unpaired) electrons. The van der Waals surface area contributed by atoms with Crippen LogP contribution in [0.3, 0.4) is 0 Å². The number of morpholine rings is 1. The third kappa shape index (κ3) is 1.05. The zero-order valence-corrected chi connectivity index (χ0v) is 6.38. The summed E-state index contributed by atoms with van der Waals surface area (Å²) in [6.45, 7) is 4.98. The first-order valence-corrected chi connectivity index (χ1v) is 3.85. The van der Waals surface area contributed by atoms with Crippen LogP contribution >= 0.6 is 0 Å². The highest BCUT2D eigenvalue weighted by atomic mass is 16.6. The van der Waals surface area contributed by atoms with Gasteiger partial charge in [-0.25, -0.2) is 0 Å². The lowest BCUT2D eigenvalue weighted by Crippen LogP contribution is -2.53. The van der Waals surface area contributed by atoms with E-state index in [4.69, 9.17) is 9.47 Å². The van der Waals surface area contributed by atoms with Gasteiger partial charge in [-0.3, -0.25) is 4.48 Å². The Morgan fingerprint density at radius 3 is 2.40 bits per heavy atom. The van der Waals surface area contributed by atoms with Crippen molar-refractivity contribution in [1.29, 1.82) is 0 Å². The summed E-state index contributed by atoms with van der Waals surface area (Å²) < 4.78 is 11.6. The van der Waals surface area contributed by atoms with Gasteiger partial charge in [0.2, 0.25) is 6.23 Å². The number of likely N-dealkylation sites (N-methyl/N-ethyl adjacent to an activating group) is 1. The molecule has 2 fully saturated rings. The molecule has 0 saturated carbocycles. The minimum absolute atomic E-state index is 0.490. The number of ether oxygens (including phenoxy) is 2. The standard InChI is InChI=1S/C7H14NO2/c1-8(7-6-10-7)2-4-9-5-3-8/h7H,2-6H2,1H3/q+1. The molecule has 0 aromatic heterocycles. The lowest BCUT2D eigenvalue weighted by molar-refractivity contribution is -0.936. The summed E-state index contributed by atoms with van der Waals surface area (Å²) in [6.07, 6.45) is 0.490. The van der Waals surface area contributed by atoms with E-state index in [1.54, 1.807) is 0 Å². The van der Waals surface area contributed by atoms with Crippen LogP contribution in [0.4, 0.5) is 0 Å². The molecule has 0 aliphatic carbocycles. The molecule has 2 saturated heterocycles. The highest BCUT2D eigenvalue weighted by molar-refractivity contribution is 4.60. The van der Waals surface area contributed by atoms with E-state index in [0.717, 1.165) is 37.4 Å². The minimum Gasteiger partial charge on any atom is -0.370 e. The fraction of sp³-hybridized carbons (Fsp3) is 1.00. The van der Waals surface area contributed by atoms with Crippen LogP contribution in [-0.2, 0) is 9.47 Å². The van der Waals surface area contributed by atoms with Crippen molar-refractivity contribution in [2.45, 2.75) is 6.23 Å². The largest absolute Gasteiger partial charge is 0.370 e. The third-order valence-corrected chi connectivity index (χ3v) is 2.50. The Hall–Kier alpha value is -0.120. The van der Waals surface area contributed by atoms with Gasteiger partial charge in [-0.1, -0.05) is 0 Å². The lowest BCUT2D eigenvalue weighted by atomic mass is 10.3. The van der Waals surface area contributed by atoms with Crippen LogP contribution in [0, 0.1) is 0 Å². The van der Waals surface area contributed by atoms with E-state index in [2.05, 4.69) is 7.05 Å². The SMILES string of the molecule is C[N+]1(C2CO2)CCOCC1. The van der Waals surface area contributed by atoms with E-state index < -0.39 is 0 Å². The van der Waals surface area contributed by atoms with Crippen molar-refractivity contribution in [3.05, 3.63) is 0 Å². The van der Waals surface area contributed by atoms with E-state index in [1.165, 1.54) is 0 Å². The summed E-state index contributed by atoms with van der Waals surface area (Å²) in [7, 11) is 2.25. The highest BCUT2D eigenvalue weighted by Gasteiger charge is 2.43. The molecule has 1 atom stereocenters. The van der Waals surface area contributed by atoms with Crippen molar-refractivity contribution in [2.75, 3.05) is 40.0 Å². The summed E-state index contributed by atoms with van der Waals surface area (Å²) >= 11 is 0. The summed E-state index contributed by atoms with van der Waals surface area (Å²) in [5.74, 6) is 0. The van der Waals surface area contributed by atoms with Crippen LogP contribution < -0.4 is 0 Å². The van der Waals surface area contributed by atoms with Crippen molar-refractivity contribution >= 4 is 0 Å². The van der Waals surface area contributed by atoms with E-state index in [0.29, 0.717) is 6.23 Å². The molecule has 3 heteroatoms. The van der Waals surface area contributed by atoms with Gasteiger partial charge in [-0.15, -0.1) is 0 Å². The van der Waals surface area contributed by atoms with E-state index >= 15 is 0 Å². The van der Waals surface area contributed by atoms with E-state index in [1.807, 2.05) is 0 Å². The maximum atomic E-state index is 5.27. The van der Waals surface area contributed by atoms with E-state index in [9.17, 15) is 0 Å². The fourth-order valence-electron chi connectivity index (χ4n) is 1.45. The van der Waals surface area contributed by atoms with Crippen LogP contribution in [0.15, 0.2) is 0 Å². The summed E-state index contributed by atoms with van der Waals surface area (Å²) in [5, 5.41) is 0. The molecule has 0 bridgehead atoms. The zero-order valence-electron chi connectivity index (χ0n) is 6.38. The molecule has 2 heterocycles. The number of hydrogen-bond acceptors (Lipinski definition) is 2. The summed E-state index contributed by atoms with van der Waals surface area (Å²) in [6, 6.07) is 0. The fourth-order valence-corrected chi connectivity index (χ4v) is 1.45. The maximum Gasteiger partial charge on any atom is 0.217 e. The predicted octanol–water partition coefficient (Wildman–Crippen LogP) is -0.181. The second-order valence-corrected chi connectivity index (χ2v) is 3.33. The second-order valence-electron chi connectivity index (χ2n) is 3.33. The maximum absolute atomic E-state index is 5.27. The highest BCUT2D eigenvalue weighted by Crippen LogP contribution is 2.23. The quantitative estimate of drug-likeness (QED) is 0.376. The van der Waals surface area contributed by atoms with E-state index in [-0.39, 0.29) is 0 Å². The predicted molar refractivity (Wildman–Crippen MR) is 36.5 cm³/mol. The average Bonchev–Trinajstić information content (AvgIpc) is 2.69. The summed E-state index contributed by atoms with van der Waals surface area (Å²) in [5.41, 5.74) is 0. The van der Waals surface area contributed by atoms with Gasteiger partial charge in [0.15, 0.2) is 0 Å². The molecule has 0 spiro atoms. The molecular weight excluding hydrogens is 130 g/mol. The lowest BCUT2D eigenvalue weighted by Gasteiger charge is -2.35. The van der Waals surface area contributed by atoms with Crippen LogP contribution in [0.2, 0.25) is 0 Å². The van der Waals surface area contributed by atoms with Crippen molar-refractivity contribution in [3.8, 4) is 0 Å². The third-order valence-electron chi connectivity index (χ3n) is 2.50. The Labute approximate surface area is 61.1 Å². The van der Waals surface area contributed by atoms with Gasteiger partial charge < -0.3 is 9.47 Å². The molecule has 58 valence electrons. The first kappa shape index (κ1) is 6.58. The van der Waals surface area contributed by atoms with Gasteiger partial charge in [-0.2, -0.15) is 0 Å². The molecular formula is C7H14NO2+. The zero-order chi connectivity index (χ0) is 7.03. The van der Waals surface area contributed by atoms with Gasteiger partial charge in [0, 0.05) is 0 Å². The van der Waals surface area contributed by atoms with Gasteiger partial charge in [-0.05, 0) is 0 Å². The number of quaternary nitrogens is 1. The number of hydrogen-bond donors (Lipinski definition) is 0. The molecule has 2 aliphatic heterocycles. The molecule has 2 aliphatic rings. The smallest absolute Gasteiger partial charge is 0.217 e. The summed E-state index contributed by atoms with van der Waals surface area (Å²) in [4.78, 5) is 0. The van der Waals surface area contributed by atoms with Gasteiger partial charge >= 0.3 is 0 Å². The molecule has 3 nitrogen and oxygen atoms in total. The number of epoxide rings is 1. The van der Waals surface area contributed by atoms with Crippen molar-refractivity contribution in [2.24, 2.45) is 0 Å². The normalized spacial score (nSPS) is 37.5. The van der Waals surface area contributed by atoms with Gasteiger partial charge in [0.25, 0.3) is 0 Å². The average molecular weight is 144 g/mol. The number of nitrogens with zero attached hydrogens (tertiary/aromatic N) is 1. The molecule has 0 aromatic carbocycles.